The summed E-state index contributed by atoms with van der Waals surface area (Å²) in [5.74, 6) is 0.147. The van der Waals surface area contributed by atoms with E-state index in [0.717, 1.165) is 22.2 Å². The van der Waals surface area contributed by atoms with E-state index in [1.165, 1.54) is 0 Å². The molecule has 6 nitrogen and oxygen atoms in total. The fourth-order valence-corrected chi connectivity index (χ4v) is 2.60. The summed E-state index contributed by atoms with van der Waals surface area (Å²) in [5.41, 5.74) is 7.26. The lowest BCUT2D eigenvalue weighted by Crippen LogP contribution is -2.41. The predicted octanol–water partition coefficient (Wildman–Crippen LogP) is 2.57. The number of ether oxygens (including phenoxy) is 1. The number of benzene rings is 2. The number of aromatic nitrogens is 1. The van der Waals surface area contributed by atoms with E-state index in [1.807, 2.05) is 48.5 Å². The Kier molecular flexibility index (Phi) is 4.99. The molecule has 0 saturated heterocycles. The van der Waals surface area contributed by atoms with Crippen molar-refractivity contribution in [3.8, 4) is 5.75 Å². The van der Waals surface area contributed by atoms with Crippen LogP contribution in [0, 0.1) is 0 Å². The standard InChI is InChI=1S/C19H19N3O3/c1-25-14-6-4-5-13(11-14)9-10-18(23)21-22-19(24)16-12-20-17-8-3-2-7-15(16)17/h2-8,11-12,20H,9-10H2,1H3,(H,21,23)(H,22,24). The third-order valence-corrected chi connectivity index (χ3v) is 3.92. The largest absolute Gasteiger partial charge is 0.497 e. The van der Waals surface area contributed by atoms with Crippen LogP contribution in [0.4, 0.5) is 0 Å². The van der Waals surface area contributed by atoms with Crippen LogP contribution in [0.1, 0.15) is 22.3 Å². The number of fused-ring (bicyclic) bond motifs is 1. The molecule has 0 aliphatic carbocycles. The molecule has 6 heteroatoms. The average molecular weight is 337 g/mol. The highest BCUT2D eigenvalue weighted by molar-refractivity contribution is 6.07. The predicted molar refractivity (Wildman–Crippen MR) is 95.2 cm³/mol. The normalized spacial score (nSPS) is 10.4. The molecular formula is C19H19N3O3. The summed E-state index contributed by atoms with van der Waals surface area (Å²) in [6.07, 6.45) is 2.45. The van der Waals surface area contributed by atoms with E-state index in [9.17, 15) is 9.59 Å². The Labute approximate surface area is 145 Å². The van der Waals surface area contributed by atoms with Crippen molar-refractivity contribution < 1.29 is 14.3 Å². The van der Waals surface area contributed by atoms with Crippen molar-refractivity contribution in [2.45, 2.75) is 12.8 Å². The third-order valence-electron chi connectivity index (χ3n) is 3.92. The lowest BCUT2D eigenvalue weighted by molar-refractivity contribution is -0.121. The van der Waals surface area contributed by atoms with Crippen LogP contribution in [0.25, 0.3) is 10.9 Å². The lowest BCUT2D eigenvalue weighted by atomic mass is 10.1. The molecule has 0 atom stereocenters. The molecule has 0 unspecified atom stereocenters. The Morgan fingerprint density at radius 2 is 1.92 bits per heavy atom. The van der Waals surface area contributed by atoms with Crippen LogP contribution >= 0.6 is 0 Å². The second-order valence-electron chi connectivity index (χ2n) is 5.60. The highest BCUT2D eigenvalue weighted by Crippen LogP contribution is 2.17. The Hall–Kier alpha value is -3.28. The number of hydrogen-bond donors (Lipinski definition) is 3. The second kappa shape index (κ2) is 7.53. The van der Waals surface area contributed by atoms with Crippen molar-refractivity contribution in [1.29, 1.82) is 0 Å². The van der Waals surface area contributed by atoms with Gasteiger partial charge < -0.3 is 9.72 Å². The molecule has 0 radical (unpaired) electrons. The number of para-hydroxylation sites is 1. The molecule has 128 valence electrons. The first kappa shape index (κ1) is 16.6. The van der Waals surface area contributed by atoms with Crippen LogP contribution in [-0.4, -0.2) is 23.9 Å². The fraction of sp³-hybridized carbons (Fsp3) is 0.158. The number of hydrazine groups is 1. The molecule has 1 heterocycles. The number of H-pyrrole nitrogens is 1. The van der Waals surface area contributed by atoms with E-state index in [4.69, 9.17) is 4.74 Å². The molecule has 0 bridgehead atoms. The highest BCUT2D eigenvalue weighted by Gasteiger charge is 2.12. The zero-order valence-electron chi connectivity index (χ0n) is 13.8. The topological polar surface area (TPSA) is 83.2 Å². The van der Waals surface area contributed by atoms with Gasteiger partial charge in [0, 0.05) is 23.5 Å². The first-order valence-corrected chi connectivity index (χ1v) is 7.95. The number of aryl methyl sites for hydroxylation is 1. The van der Waals surface area contributed by atoms with Gasteiger partial charge in [-0.3, -0.25) is 20.4 Å². The van der Waals surface area contributed by atoms with E-state index in [0.29, 0.717) is 12.0 Å². The maximum atomic E-state index is 12.2. The van der Waals surface area contributed by atoms with Gasteiger partial charge in [0.05, 0.1) is 12.7 Å². The molecule has 3 N–H and O–H groups in total. The molecule has 3 aromatic rings. The minimum atomic E-state index is -0.354. The number of aromatic amines is 1. The van der Waals surface area contributed by atoms with Gasteiger partial charge in [-0.2, -0.15) is 0 Å². The number of methoxy groups -OCH3 is 1. The summed E-state index contributed by atoms with van der Waals surface area (Å²) in [7, 11) is 1.60. The number of carbonyl (C=O) groups excluding carboxylic acids is 2. The molecule has 0 spiro atoms. The van der Waals surface area contributed by atoms with Gasteiger partial charge in [-0.25, -0.2) is 0 Å². The van der Waals surface area contributed by atoms with Crippen LogP contribution < -0.4 is 15.6 Å². The molecule has 0 saturated carbocycles. The van der Waals surface area contributed by atoms with E-state index in [2.05, 4.69) is 15.8 Å². The second-order valence-corrected chi connectivity index (χ2v) is 5.60. The van der Waals surface area contributed by atoms with Gasteiger partial charge in [-0.05, 0) is 30.2 Å². The number of amides is 2. The van der Waals surface area contributed by atoms with Crippen molar-refractivity contribution in [1.82, 2.24) is 15.8 Å². The van der Waals surface area contributed by atoms with Crippen LogP contribution in [0.15, 0.2) is 54.7 Å². The minimum absolute atomic E-state index is 0.254. The molecule has 0 aliphatic rings. The number of rotatable bonds is 5. The number of nitrogens with one attached hydrogen (secondary N) is 3. The first-order chi connectivity index (χ1) is 12.2. The minimum Gasteiger partial charge on any atom is -0.497 e. The Morgan fingerprint density at radius 1 is 1.08 bits per heavy atom. The van der Waals surface area contributed by atoms with Crippen molar-refractivity contribution in [3.05, 3.63) is 65.9 Å². The van der Waals surface area contributed by atoms with Gasteiger partial charge in [0.15, 0.2) is 0 Å². The summed E-state index contributed by atoms with van der Waals surface area (Å²) in [5, 5.41) is 0.811. The van der Waals surface area contributed by atoms with Crippen molar-refractivity contribution >= 4 is 22.7 Å². The fourth-order valence-electron chi connectivity index (χ4n) is 2.60. The van der Waals surface area contributed by atoms with E-state index in [1.54, 1.807) is 13.3 Å². The summed E-state index contributed by atoms with van der Waals surface area (Å²) in [4.78, 5) is 27.2. The quantitative estimate of drug-likeness (QED) is 0.626. The van der Waals surface area contributed by atoms with Crippen LogP contribution in [0.5, 0.6) is 5.75 Å². The maximum Gasteiger partial charge on any atom is 0.271 e. The van der Waals surface area contributed by atoms with Gasteiger partial charge in [-0.1, -0.05) is 30.3 Å². The van der Waals surface area contributed by atoms with Gasteiger partial charge in [0.2, 0.25) is 5.91 Å². The van der Waals surface area contributed by atoms with Crippen molar-refractivity contribution in [2.24, 2.45) is 0 Å². The van der Waals surface area contributed by atoms with Crippen LogP contribution in [0.3, 0.4) is 0 Å². The van der Waals surface area contributed by atoms with Crippen LogP contribution in [-0.2, 0) is 11.2 Å². The van der Waals surface area contributed by atoms with Gasteiger partial charge in [-0.15, -0.1) is 0 Å². The Morgan fingerprint density at radius 3 is 2.76 bits per heavy atom. The van der Waals surface area contributed by atoms with Crippen molar-refractivity contribution in [3.63, 3.8) is 0 Å². The third kappa shape index (κ3) is 3.98. The van der Waals surface area contributed by atoms with E-state index < -0.39 is 0 Å². The van der Waals surface area contributed by atoms with Crippen LogP contribution in [0.2, 0.25) is 0 Å². The SMILES string of the molecule is COc1cccc(CCC(=O)NNC(=O)c2c[nH]c3ccccc23)c1. The average Bonchev–Trinajstić information content (AvgIpc) is 3.09. The smallest absolute Gasteiger partial charge is 0.271 e. The summed E-state index contributed by atoms with van der Waals surface area (Å²) in [6.45, 7) is 0. The molecule has 2 amide bonds. The molecule has 2 aromatic carbocycles. The highest BCUT2D eigenvalue weighted by atomic mass is 16.5. The number of carbonyl (C=O) groups is 2. The Bertz CT molecular complexity index is 902. The zero-order valence-corrected chi connectivity index (χ0v) is 13.8. The molecule has 1 aromatic heterocycles. The lowest BCUT2D eigenvalue weighted by Gasteiger charge is -2.07. The molecule has 3 rings (SSSR count). The summed E-state index contributed by atoms with van der Waals surface area (Å²) >= 11 is 0. The first-order valence-electron chi connectivity index (χ1n) is 7.95. The van der Waals surface area contributed by atoms with E-state index in [-0.39, 0.29) is 18.2 Å². The van der Waals surface area contributed by atoms with E-state index >= 15 is 0 Å². The molecule has 25 heavy (non-hydrogen) atoms. The summed E-state index contributed by atoms with van der Waals surface area (Å²) in [6, 6.07) is 15.0. The van der Waals surface area contributed by atoms with Crippen molar-refractivity contribution in [2.75, 3.05) is 7.11 Å². The Balaban J connectivity index is 1.52. The number of hydrogen-bond acceptors (Lipinski definition) is 3. The monoisotopic (exact) mass is 337 g/mol. The van der Waals surface area contributed by atoms with Gasteiger partial charge >= 0.3 is 0 Å². The summed E-state index contributed by atoms with van der Waals surface area (Å²) < 4.78 is 5.16. The molecule has 0 fully saturated rings. The molecule has 0 aliphatic heterocycles. The maximum absolute atomic E-state index is 12.2. The van der Waals surface area contributed by atoms with Gasteiger partial charge in [0.1, 0.15) is 5.75 Å². The molecular weight excluding hydrogens is 318 g/mol. The van der Waals surface area contributed by atoms with Gasteiger partial charge in [0.25, 0.3) is 5.91 Å². The zero-order chi connectivity index (χ0) is 17.6.